The summed E-state index contributed by atoms with van der Waals surface area (Å²) in [6.07, 6.45) is 1.04. The third-order valence-electron chi connectivity index (χ3n) is 2.85. The van der Waals surface area contributed by atoms with Gasteiger partial charge in [-0.15, -0.1) is 23.2 Å². The molecule has 2 heteroatoms. The Bertz CT molecular complexity index is 306. The molecule has 0 spiro atoms. The maximum absolute atomic E-state index is 6.48. The Hall–Kier alpha value is -0.200. The van der Waals surface area contributed by atoms with Crippen LogP contribution in [0.25, 0.3) is 0 Å². The van der Waals surface area contributed by atoms with Crippen LogP contribution >= 0.6 is 23.2 Å². The van der Waals surface area contributed by atoms with Crippen molar-refractivity contribution in [1.29, 1.82) is 0 Å². The second-order valence-electron chi connectivity index (χ2n) is 5.29. The molecule has 90 valence electrons. The molecule has 0 saturated heterocycles. The second-order valence-corrected chi connectivity index (χ2v) is 6.03. The van der Waals surface area contributed by atoms with E-state index in [0.29, 0.717) is 11.8 Å². The molecular weight excluding hydrogens is 239 g/mol. The number of rotatable bonds is 5. The summed E-state index contributed by atoms with van der Waals surface area (Å²) >= 11 is 12.4. The van der Waals surface area contributed by atoms with E-state index in [2.05, 4.69) is 32.9 Å². The molecule has 0 heterocycles. The number of alkyl halides is 2. The van der Waals surface area contributed by atoms with Crippen molar-refractivity contribution in [3.05, 3.63) is 35.9 Å². The third-order valence-corrected chi connectivity index (χ3v) is 4.26. The van der Waals surface area contributed by atoms with Gasteiger partial charge in [-0.25, -0.2) is 0 Å². The van der Waals surface area contributed by atoms with Crippen LogP contribution in [0.3, 0.4) is 0 Å². The molecule has 1 aromatic carbocycles. The molecule has 0 N–H and O–H groups in total. The minimum absolute atomic E-state index is 0.0729. The van der Waals surface area contributed by atoms with Gasteiger partial charge in [-0.2, -0.15) is 0 Å². The molecule has 2 atom stereocenters. The Morgan fingerprint density at radius 3 is 2.25 bits per heavy atom. The van der Waals surface area contributed by atoms with Crippen LogP contribution in [0, 0.1) is 11.3 Å². The fourth-order valence-corrected chi connectivity index (χ4v) is 2.34. The first-order valence-electron chi connectivity index (χ1n) is 5.71. The summed E-state index contributed by atoms with van der Waals surface area (Å²) in [6, 6.07) is 10.2. The summed E-state index contributed by atoms with van der Waals surface area (Å²) < 4.78 is 0. The largest absolute Gasteiger partial charge is 0.126 e. The van der Waals surface area contributed by atoms with Crippen molar-refractivity contribution in [2.45, 2.75) is 32.6 Å². The van der Waals surface area contributed by atoms with Gasteiger partial charge < -0.3 is 0 Å². The lowest BCUT2D eigenvalue weighted by atomic mass is 9.82. The molecule has 0 radical (unpaired) electrons. The van der Waals surface area contributed by atoms with Gasteiger partial charge in [-0.05, 0) is 23.3 Å². The summed E-state index contributed by atoms with van der Waals surface area (Å²) in [6.45, 7) is 6.56. The molecule has 0 nitrogen and oxygen atoms in total. The minimum atomic E-state index is 0.0729. The Labute approximate surface area is 109 Å². The molecule has 0 aliphatic heterocycles. The Morgan fingerprint density at radius 1 is 1.19 bits per heavy atom. The average Bonchev–Trinajstić information content (AvgIpc) is 2.28. The van der Waals surface area contributed by atoms with Crippen LogP contribution in [0.5, 0.6) is 0 Å². The minimum Gasteiger partial charge on any atom is -0.126 e. The summed E-state index contributed by atoms with van der Waals surface area (Å²) in [5, 5.41) is 0.0729. The highest BCUT2D eigenvalue weighted by atomic mass is 35.5. The third kappa shape index (κ3) is 3.99. The van der Waals surface area contributed by atoms with E-state index in [9.17, 15) is 0 Å². The lowest BCUT2D eigenvalue weighted by molar-refractivity contribution is 0.306. The summed E-state index contributed by atoms with van der Waals surface area (Å²) in [4.78, 5) is 0. The van der Waals surface area contributed by atoms with Gasteiger partial charge in [0.25, 0.3) is 0 Å². The molecule has 0 saturated carbocycles. The van der Waals surface area contributed by atoms with E-state index >= 15 is 0 Å². The Kier molecular flexibility index (Phi) is 5.14. The number of hydrogen-bond donors (Lipinski definition) is 0. The quantitative estimate of drug-likeness (QED) is 0.633. The lowest BCUT2D eigenvalue weighted by Crippen LogP contribution is -2.19. The van der Waals surface area contributed by atoms with Crippen LogP contribution in [0.1, 0.15) is 38.1 Å². The molecule has 2 unspecified atom stereocenters. The van der Waals surface area contributed by atoms with Gasteiger partial charge in [0.2, 0.25) is 0 Å². The van der Waals surface area contributed by atoms with Crippen molar-refractivity contribution in [1.82, 2.24) is 0 Å². The Morgan fingerprint density at radius 2 is 1.75 bits per heavy atom. The fraction of sp³-hybridized carbons (Fsp3) is 0.571. The van der Waals surface area contributed by atoms with E-state index in [1.54, 1.807) is 0 Å². The Balaban J connectivity index is 2.65. The topological polar surface area (TPSA) is 0 Å². The lowest BCUT2D eigenvalue weighted by Gasteiger charge is -2.28. The highest BCUT2D eigenvalue weighted by molar-refractivity contribution is 6.21. The molecule has 0 aliphatic rings. The van der Waals surface area contributed by atoms with Gasteiger partial charge in [0.05, 0.1) is 5.38 Å². The molecule has 0 fully saturated rings. The standard InChI is InChI=1S/C14H20Cl2/c1-11(9-14(2,3)10-15)13(16)12-7-5-4-6-8-12/h4-8,11,13H,9-10H2,1-3H3. The van der Waals surface area contributed by atoms with Crippen molar-refractivity contribution in [2.24, 2.45) is 11.3 Å². The number of hydrogen-bond acceptors (Lipinski definition) is 0. The predicted octanol–water partition coefficient (Wildman–Crippen LogP) is 5.26. The summed E-state index contributed by atoms with van der Waals surface area (Å²) in [5.74, 6) is 1.10. The van der Waals surface area contributed by atoms with E-state index < -0.39 is 0 Å². The molecule has 16 heavy (non-hydrogen) atoms. The molecule has 0 aromatic heterocycles. The smallest absolute Gasteiger partial charge is 0.0611 e. The maximum atomic E-state index is 6.48. The molecule has 0 aliphatic carbocycles. The van der Waals surface area contributed by atoms with E-state index in [4.69, 9.17) is 23.2 Å². The molecule has 1 aromatic rings. The van der Waals surface area contributed by atoms with Crippen LogP contribution in [-0.2, 0) is 0 Å². The summed E-state index contributed by atoms with van der Waals surface area (Å²) in [7, 11) is 0. The summed E-state index contributed by atoms with van der Waals surface area (Å²) in [5.41, 5.74) is 1.35. The normalized spacial score (nSPS) is 15.8. The van der Waals surface area contributed by atoms with Crippen molar-refractivity contribution in [3.8, 4) is 0 Å². The van der Waals surface area contributed by atoms with Gasteiger partial charge in [0.15, 0.2) is 0 Å². The van der Waals surface area contributed by atoms with Crippen LogP contribution in [-0.4, -0.2) is 5.88 Å². The van der Waals surface area contributed by atoms with Crippen LogP contribution in [0.2, 0.25) is 0 Å². The zero-order chi connectivity index (χ0) is 12.2. The highest BCUT2D eigenvalue weighted by Gasteiger charge is 2.25. The number of halogens is 2. The van der Waals surface area contributed by atoms with E-state index in [1.807, 2.05) is 18.2 Å². The van der Waals surface area contributed by atoms with Gasteiger partial charge in [0.1, 0.15) is 0 Å². The van der Waals surface area contributed by atoms with Gasteiger partial charge in [-0.3, -0.25) is 0 Å². The first kappa shape index (κ1) is 13.9. The molecular formula is C14H20Cl2. The van der Waals surface area contributed by atoms with Crippen molar-refractivity contribution < 1.29 is 0 Å². The van der Waals surface area contributed by atoms with E-state index in [-0.39, 0.29) is 10.8 Å². The molecule has 1 rings (SSSR count). The van der Waals surface area contributed by atoms with Crippen molar-refractivity contribution in [3.63, 3.8) is 0 Å². The van der Waals surface area contributed by atoms with Crippen LogP contribution < -0.4 is 0 Å². The average molecular weight is 259 g/mol. The first-order valence-corrected chi connectivity index (χ1v) is 6.68. The van der Waals surface area contributed by atoms with Gasteiger partial charge >= 0.3 is 0 Å². The van der Waals surface area contributed by atoms with Gasteiger partial charge in [0, 0.05) is 5.88 Å². The predicted molar refractivity (Wildman–Crippen MR) is 73.3 cm³/mol. The van der Waals surface area contributed by atoms with Crippen molar-refractivity contribution in [2.75, 3.05) is 5.88 Å². The van der Waals surface area contributed by atoms with E-state index in [0.717, 1.165) is 6.42 Å². The first-order chi connectivity index (χ1) is 7.46. The van der Waals surface area contributed by atoms with Crippen LogP contribution in [0.4, 0.5) is 0 Å². The second kappa shape index (κ2) is 5.93. The zero-order valence-corrected chi connectivity index (χ0v) is 11.7. The van der Waals surface area contributed by atoms with E-state index in [1.165, 1.54) is 5.56 Å². The van der Waals surface area contributed by atoms with Crippen molar-refractivity contribution >= 4 is 23.2 Å². The fourth-order valence-electron chi connectivity index (χ4n) is 2.00. The van der Waals surface area contributed by atoms with Gasteiger partial charge in [-0.1, -0.05) is 51.1 Å². The maximum Gasteiger partial charge on any atom is 0.0611 e. The SMILES string of the molecule is CC(CC(C)(C)CCl)C(Cl)c1ccccc1. The monoisotopic (exact) mass is 258 g/mol. The number of benzene rings is 1. The zero-order valence-electron chi connectivity index (χ0n) is 10.2. The van der Waals surface area contributed by atoms with Crippen LogP contribution in [0.15, 0.2) is 30.3 Å². The molecule has 0 amide bonds. The highest BCUT2D eigenvalue weighted by Crippen LogP contribution is 2.37. The molecule has 0 bridgehead atoms.